The van der Waals surface area contributed by atoms with Gasteiger partial charge >= 0.3 is 17.8 Å². The van der Waals surface area contributed by atoms with Crippen molar-refractivity contribution in [3.63, 3.8) is 0 Å². The van der Waals surface area contributed by atoms with Crippen molar-refractivity contribution in [3.05, 3.63) is 85.4 Å². The molecule has 1 amide bonds. The Morgan fingerprint density at radius 3 is 2.45 bits per heavy atom. The normalized spacial score (nSPS) is 16.6. The van der Waals surface area contributed by atoms with Crippen LogP contribution >= 0.6 is 23.4 Å². The molecule has 3 aromatic rings. The average Bonchev–Trinajstić information content (AvgIpc) is 3.13. The maximum atomic E-state index is 14.9. The minimum atomic E-state index is -5.03. The van der Waals surface area contributed by atoms with Crippen LogP contribution in [0.3, 0.4) is 0 Å². The number of amidine groups is 1. The number of carboxylic acid groups (broad SMARTS) is 1. The second-order valence-electron chi connectivity index (χ2n) is 8.45. The van der Waals surface area contributed by atoms with Crippen LogP contribution in [0.2, 0.25) is 5.02 Å². The molecular weight excluding hydrogens is 584 g/mol. The van der Waals surface area contributed by atoms with E-state index in [0.29, 0.717) is 11.6 Å². The van der Waals surface area contributed by atoms with Crippen LogP contribution in [0.4, 0.5) is 23.2 Å². The lowest BCUT2D eigenvalue weighted by Gasteiger charge is -2.16. The molecule has 2 heterocycles. The minimum Gasteiger partial charge on any atom is -0.508 e. The number of phenolic OH excluding ortho intramolecular Hbond substituents is 1. The molecule has 1 unspecified atom stereocenters. The summed E-state index contributed by atoms with van der Waals surface area (Å²) in [4.78, 5) is 54.6. The van der Waals surface area contributed by atoms with E-state index in [1.54, 1.807) is 18.2 Å². The second kappa shape index (κ2) is 10.8. The first-order valence-corrected chi connectivity index (χ1v) is 12.4. The zero-order valence-corrected chi connectivity index (χ0v) is 21.7. The van der Waals surface area contributed by atoms with E-state index in [9.17, 15) is 47.0 Å². The summed E-state index contributed by atoms with van der Waals surface area (Å²) in [5.74, 6) is -3.35. The summed E-state index contributed by atoms with van der Waals surface area (Å²) in [7, 11) is 0.755. The molecule has 1 aliphatic rings. The van der Waals surface area contributed by atoms with Gasteiger partial charge in [-0.2, -0.15) is 13.2 Å². The Morgan fingerprint density at radius 1 is 1.15 bits per heavy atom. The Kier molecular flexibility index (Phi) is 7.81. The number of aromatic hydroxyl groups is 1. The molecule has 0 bridgehead atoms. The fraction of sp³-hybridized carbons (Fsp3) is 0.208. The SMILES string of the molecule is Cn1c(C(F)(F)F)cc(=O)n(-c2cc(N=C3SC(Cc4ccccc4O)C(=O)N3CC(=O)O)c(Cl)cc2F)c1=O. The highest BCUT2D eigenvalue weighted by Crippen LogP contribution is 2.36. The number of thioether (sulfide) groups is 1. The van der Waals surface area contributed by atoms with Crippen LogP contribution in [0.1, 0.15) is 11.3 Å². The molecule has 2 aromatic carbocycles. The molecule has 16 heteroatoms. The topological polar surface area (TPSA) is 134 Å². The molecule has 2 N–H and O–H groups in total. The zero-order chi connectivity index (χ0) is 29.5. The molecule has 0 saturated carbocycles. The van der Waals surface area contributed by atoms with Gasteiger partial charge in [-0.1, -0.05) is 41.6 Å². The van der Waals surface area contributed by atoms with Gasteiger partial charge in [0.2, 0.25) is 5.91 Å². The van der Waals surface area contributed by atoms with Crippen molar-refractivity contribution in [2.24, 2.45) is 12.0 Å². The number of carbonyl (C=O) groups is 2. The largest absolute Gasteiger partial charge is 0.508 e. The van der Waals surface area contributed by atoms with Crippen LogP contribution in [-0.2, 0) is 29.2 Å². The molecule has 1 aromatic heterocycles. The van der Waals surface area contributed by atoms with E-state index < -0.39 is 58.3 Å². The predicted molar refractivity (Wildman–Crippen MR) is 137 cm³/mol. The lowest BCUT2D eigenvalue weighted by Crippen LogP contribution is -2.41. The Morgan fingerprint density at radius 2 is 1.82 bits per heavy atom. The summed E-state index contributed by atoms with van der Waals surface area (Å²) in [5.41, 5.74) is -5.19. The van der Waals surface area contributed by atoms with E-state index in [2.05, 4.69) is 4.99 Å². The van der Waals surface area contributed by atoms with Crippen molar-refractivity contribution in [3.8, 4) is 11.4 Å². The number of hydrogen-bond acceptors (Lipinski definition) is 7. The molecule has 1 saturated heterocycles. The van der Waals surface area contributed by atoms with Gasteiger partial charge in [-0.3, -0.25) is 23.9 Å². The molecule has 4 rings (SSSR count). The number of rotatable bonds is 6. The number of aliphatic imine (C=N–C) groups is 1. The van der Waals surface area contributed by atoms with E-state index in [1.165, 1.54) is 6.07 Å². The number of nitrogens with zero attached hydrogens (tertiary/aromatic N) is 4. The lowest BCUT2D eigenvalue weighted by atomic mass is 10.1. The van der Waals surface area contributed by atoms with Crippen LogP contribution in [0, 0.1) is 5.82 Å². The number of hydrogen-bond donors (Lipinski definition) is 2. The highest BCUT2D eigenvalue weighted by Gasteiger charge is 2.40. The summed E-state index contributed by atoms with van der Waals surface area (Å²) in [6.45, 7) is -0.799. The third kappa shape index (κ3) is 5.60. The van der Waals surface area contributed by atoms with Gasteiger partial charge in [-0.05, 0) is 30.2 Å². The van der Waals surface area contributed by atoms with E-state index in [0.717, 1.165) is 29.8 Å². The summed E-state index contributed by atoms with van der Waals surface area (Å²) < 4.78 is 54.8. The number of aliphatic carboxylic acids is 1. The molecule has 1 fully saturated rings. The van der Waals surface area contributed by atoms with Crippen LogP contribution < -0.4 is 11.2 Å². The van der Waals surface area contributed by atoms with Crippen molar-refractivity contribution in [1.29, 1.82) is 0 Å². The highest BCUT2D eigenvalue weighted by molar-refractivity contribution is 8.15. The Balaban J connectivity index is 1.81. The Bertz CT molecular complexity index is 1690. The molecule has 0 radical (unpaired) electrons. The number of halogens is 5. The number of phenols is 1. The quantitative estimate of drug-likeness (QED) is 0.415. The fourth-order valence-electron chi connectivity index (χ4n) is 3.90. The number of aromatic nitrogens is 2. The van der Waals surface area contributed by atoms with E-state index >= 15 is 0 Å². The molecule has 210 valence electrons. The van der Waals surface area contributed by atoms with Crippen molar-refractivity contribution in [2.45, 2.75) is 17.8 Å². The third-order valence-electron chi connectivity index (χ3n) is 5.79. The second-order valence-corrected chi connectivity index (χ2v) is 10.0. The number of alkyl halides is 3. The van der Waals surface area contributed by atoms with E-state index in [1.807, 2.05) is 0 Å². The first-order chi connectivity index (χ1) is 18.7. The molecule has 0 spiro atoms. The number of benzene rings is 2. The number of para-hydroxylation sites is 1. The smallest absolute Gasteiger partial charge is 0.431 e. The first kappa shape index (κ1) is 28.9. The molecule has 10 nitrogen and oxygen atoms in total. The van der Waals surface area contributed by atoms with Crippen LogP contribution in [-0.4, -0.2) is 53.1 Å². The maximum Gasteiger partial charge on any atom is 0.431 e. The number of carboxylic acids is 1. The first-order valence-electron chi connectivity index (χ1n) is 11.1. The molecule has 1 aliphatic heterocycles. The average molecular weight is 601 g/mol. The van der Waals surface area contributed by atoms with Gasteiger partial charge in [0, 0.05) is 13.1 Å². The number of amides is 1. The van der Waals surface area contributed by atoms with E-state index in [-0.39, 0.29) is 43.2 Å². The van der Waals surface area contributed by atoms with Gasteiger partial charge in [0.15, 0.2) is 5.17 Å². The van der Waals surface area contributed by atoms with Gasteiger partial charge in [0.05, 0.1) is 21.6 Å². The highest BCUT2D eigenvalue weighted by atomic mass is 35.5. The molecule has 1 atom stereocenters. The third-order valence-corrected chi connectivity index (χ3v) is 7.27. The van der Waals surface area contributed by atoms with Gasteiger partial charge in [0.25, 0.3) is 5.56 Å². The van der Waals surface area contributed by atoms with Gasteiger partial charge in [-0.15, -0.1) is 0 Å². The van der Waals surface area contributed by atoms with Crippen LogP contribution in [0.5, 0.6) is 5.75 Å². The van der Waals surface area contributed by atoms with Gasteiger partial charge in [-0.25, -0.2) is 18.7 Å². The molecule has 0 aliphatic carbocycles. The summed E-state index contributed by atoms with van der Waals surface area (Å²) in [5, 5.41) is 17.9. The van der Waals surface area contributed by atoms with Crippen LogP contribution in [0.15, 0.2) is 57.0 Å². The molecule has 40 heavy (non-hydrogen) atoms. The minimum absolute atomic E-state index is 0.00466. The van der Waals surface area contributed by atoms with E-state index in [4.69, 9.17) is 11.6 Å². The zero-order valence-electron chi connectivity index (χ0n) is 20.1. The van der Waals surface area contributed by atoms with Crippen molar-refractivity contribution in [1.82, 2.24) is 14.0 Å². The number of carbonyl (C=O) groups excluding carboxylic acids is 1. The Labute approximate surface area is 230 Å². The van der Waals surface area contributed by atoms with Gasteiger partial charge in [0.1, 0.15) is 23.8 Å². The lowest BCUT2D eigenvalue weighted by molar-refractivity contribution is -0.144. The Hall–Kier alpha value is -4.11. The summed E-state index contributed by atoms with van der Waals surface area (Å²) >= 11 is 6.95. The van der Waals surface area contributed by atoms with Crippen molar-refractivity contribution in [2.75, 3.05) is 6.54 Å². The molecular formula is C24H17ClF4N4O6S. The van der Waals surface area contributed by atoms with Gasteiger partial charge < -0.3 is 10.2 Å². The standard InChI is InChI=1S/C24H17ClF4N4O6S/c1-31-18(24(27,28)29)9-19(35)33(23(31)39)15-8-14(12(25)7-13(15)26)30-22-32(10-20(36)37)21(38)17(40-22)6-11-4-2-3-5-16(11)34/h2-5,7-9,17,34H,6,10H2,1H3,(H,36,37). The van der Waals surface area contributed by atoms with Crippen LogP contribution in [0.25, 0.3) is 5.69 Å². The monoisotopic (exact) mass is 600 g/mol. The summed E-state index contributed by atoms with van der Waals surface area (Å²) in [6, 6.07) is 7.82. The summed E-state index contributed by atoms with van der Waals surface area (Å²) in [6.07, 6.45) is -5.03. The predicted octanol–water partition coefficient (Wildman–Crippen LogP) is 3.31. The maximum absolute atomic E-state index is 14.9. The fourth-order valence-corrected chi connectivity index (χ4v) is 5.27. The van der Waals surface area contributed by atoms with Crippen molar-refractivity contribution < 1.29 is 37.4 Å². The van der Waals surface area contributed by atoms with Crippen molar-refractivity contribution >= 4 is 46.1 Å².